The number of benzene rings is 2. The average Bonchev–Trinajstić information content (AvgIpc) is 3.18. The molecule has 3 N–H and O–H groups in total. The number of aryl methyl sites for hydroxylation is 2. The highest BCUT2D eigenvalue weighted by Crippen LogP contribution is 2.31. The number of fused-ring (bicyclic) bond motifs is 1. The van der Waals surface area contributed by atoms with E-state index in [0.29, 0.717) is 11.4 Å². The molecule has 4 rings (SSSR count). The first-order chi connectivity index (χ1) is 13.5. The van der Waals surface area contributed by atoms with Crippen molar-refractivity contribution in [3.05, 3.63) is 71.0 Å². The average molecular weight is 413 g/mol. The van der Waals surface area contributed by atoms with E-state index in [1.807, 2.05) is 43.3 Å². The van der Waals surface area contributed by atoms with Gasteiger partial charge in [-0.15, -0.1) is 12.4 Å². The molecule has 152 valence electrons. The molecule has 0 fully saturated rings. The molecule has 0 bridgehead atoms. The van der Waals surface area contributed by atoms with Gasteiger partial charge < -0.3 is 15.8 Å². The van der Waals surface area contributed by atoms with Crippen molar-refractivity contribution < 1.29 is 9.53 Å². The smallest absolute Gasteiger partial charge is 0.272 e. The Hall–Kier alpha value is -2.99. The van der Waals surface area contributed by atoms with Crippen LogP contribution in [0.15, 0.2) is 48.7 Å². The number of anilines is 1. The first-order valence-corrected chi connectivity index (χ1v) is 9.45. The highest BCUT2D eigenvalue weighted by molar-refractivity contribution is 5.92. The highest BCUT2D eigenvalue weighted by atomic mass is 35.5. The van der Waals surface area contributed by atoms with Crippen molar-refractivity contribution in [3.8, 4) is 11.4 Å². The normalized spacial score (nSPS) is 15.2. The van der Waals surface area contributed by atoms with Crippen LogP contribution in [-0.2, 0) is 6.42 Å². The molecular formula is C22H25ClN4O2. The number of nitrogens with one attached hydrogen (secondary N) is 1. The summed E-state index contributed by atoms with van der Waals surface area (Å²) < 4.78 is 7.10. The van der Waals surface area contributed by atoms with Gasteiger partial charge in [-0.05, 0) is 73.2 Å². The molecule has 0 spiro atoms. The number of aromatic nitrogens is 2. The second kappa shape index (κ2) is 8.57. The molecule has 0 radical (unpaired) electrons. The van der Waals surface area contributed by atoms with E-state index in [1.165, 1.54) is 5.56 Å². The quantitative estimate of drug-likeness (QED) is 0.634. The van der Waals surface area contributed by atoms with Crippen molar-refractivity contribution in [2.75, 3.05) is 12.8 Å². The molecule has 0 aliphatic heterocycles. The van der Waals surface area contributed by atoms with Crippen molar-refractivity contribution in [2.45, 2.75) is 32.2 Å². The van der Waals surface area contributed by atoms with Crippen LogP contribution >= 0.6 is 12.4 Å². The third-order valence-corrected chi connectivity index (χ3v) is 5.19. The maximum Gasteiger partial charge on any atom is 0.272 e. The van der Waals surface area contributed by atoms with Gasteiger partial charge in [0.05, 0.1) is 13.2 Å². The molecular weight excluding hydrogens is 388 g/mol. The van der Waals surface area contributed by atoms with E-state index in [2.05, 4.69) is 10.4 Å². The molecule has 1 aromatic heterocycles. The van der Waals surface area contributed by atoms with Crippen LogP contribution in [0.4, 0.5) is 5.69 Å². The molecule has 0 saturated carbocycles. The fourth-order valence-corrected chi connectivity index (χ4v) is 3.77. The van der Waals surface area contributed by atoms with Gasteiger partial charge in [0.15, 0.2) is 5.69 Å². The fraction of sp³-hybridized carbons (Fsp3) is 0.273. The van der Waals surface area contributed by atoms with E-state index in [0.717, 1.165) is 41.8 Å². The van der Waals surface area contributed by atoms with E-state index in [9.17, 15) is 4.79 Å². The lowest BCUT2D eigenvalue weighted by molar-refractivity contribution is 0.0927. The summed E-state index contributed by atoms with van der Waals surface area (Å²) in [5.41, 5.74) is 11.3. The van der Waals surface area contributed by atoms with Crippen LogP contribution in [0.1, 0.15) is 46.1 Å². The summed E-state index contributed by atoms with van der Waals surface area (Å²) in [7, 11) is 1.62. The van der Waals surface area contributed by atoms with Crippen molar-refractivity contribution in [1.29, 1.82) is 0 Å². The van der Waals surface area contributed by atoms with Gasteiger partial charge in [-0.3, -0.25) is 4.79 Å². The minimum absolute atomic E-state index is 0. The molecule has 6 nitrogen and oxygen atoms in total. The van der Waals surface area contributed by atoms with Gasteiger partial charge in [0, 0.05) is 11.9 Å². The predicted octanol–water partition coefficient (Wildman–Crippen LogP) is 4.00. The maximum atomic E-state index is 12.8. The maximum absolute atomic E-state index is 12.8. The number of amides is 1. The Bertz CT molecular complexity index is 1030. The summed E-state index contributed by atoms with van der Waals surface area (Å²) in [6.45, 7) is 2.01. The molecule has 1 heterocycles. The third kappa shape index (κ3) is 4.22. The second-order valence-electron chi connectivity index (χ2n) is 7.20. The van der Waals surface area contributed by atoms with Crippen molar-refractivity contribution in [2.24, 2.45) is 0 Å². The fourth-order valence-electron chi connectivity index (χ4n) is 3.77. The molecule has 2 aromatic carbocycles. The van der Waals surface area contributed by atoms with Crippen LogP contribution in [-0.4, -0.2) is 22.8 Å². The van der Waals surface area contributed by atoms with Gasteiger partial charge in [-0.25, -0.2) is 4.68 Å². The number of hydrogen-bond donors (Lipinski definition) is 2. The Morgan fingerprint density at radius 2 is 2.07 bits per heavy atom. The number of nitrogens with zero attached hydrogens (tertiary/aromatic N) is 2. The number of carbonyl (C=O) groups is 1. The number of halogens is 1. The zero-order valence-electron chi connectivity index (χ0n) is 16.5. The SMILES string of the molecule is COc1ccc(C)cc1-n1ccc(C(=O)NC2CCCc3cc(N)ccc32)n1.Cl. The monoisotopic (exact) mass is 412 g/mol. The Morgan fingerprint density at radius 1 is 1.24 bits per heavy atom. The lowest BCUT2D eigenvalue weighted by Crippen LogP contribution is -2.31. The largest absolute Gasteiger partial charge is 0.494 e. The van der Waals surface area contributed by atoms with E-state index >= 15 is 0 Å². The van der Waals surface area contributed by atoms with Gasteiger partial charge in [0.25, 0.3) is 5.91 Å². The number of hydrogen-bond acceptors (Lipinski definition) is 4. The summed E-state index contributed by atoms with van der Waals surface area (Å²) in [6.07, 6.45) is 4.71. The first-order valence-electron chi connectivity index (χ1n) is 9.45. The lowest BCUT2D eigenvalue weighted by Gasteiger charge is -2.26. The molecule has 1 amide bonds. The summed E-state index contributed by atoms with van der Waals surface area (Å²) in [5.74, 6) is 0.527. The molecule has 1 atom stereocenters. The minimum atomic E-state index is -0.181. The lowest BCUT2D eigenvalue weighted by atomic mass is 9.87. The van der Waals surface area contributed by atoms with Gasteiger partial charge in [-0.2, -0.15) is 5.10 Å². The Kier molecular flexibility index (Phi) is 6.13. The summed E-state index contributed by atoms with van der Waals surface area (Å²) in [6, 6.07) is 13.5. The molecule has 1 aliphatic rings. The van der Waals surface area contributed by atoms with Crippen LogP contribution < -0.4 is 15.8 Å². The number of ether oxygens (including phenoxy) is 1. The Labute approximate surface area is 176 Å². The standard InChI is InChI=1S/C22H24N4O2.ClH/c1-14-6-9-21(28-2)20(12-14)26-11-10-19(25-26)22(27)24-18-5-3-4-15-13-16(23)7-8-17(15)18;/h6-13,18H,3-5,23H2,1-2H3,(H,24,27);1H. The number of nitrogen functional groups attached to an aromatic ring is 1. The molecule has 1 aliphatic carbocycles. The van der Waals surface area contributed by atoms with E-state index < -0.39 is 0 Å². The molecule has 7 heteroatoms. The van der Waals surface area contributed by atoms with E-state index in [-0.39, 0.29) is 24.4 Å². The predicted molar refractivity (Wildman–Crippen MR) is 116 cm³/mol. The van der Waals surface area contributed by atoms with Crippen molar-refractivity contribution >= 4 is 24.0 Å². The number of carbonyl (C=O) groups excluding carboxylic acids is 1. The minimum Gasteiger partial charge on any atom is -0.494 e. The van der Waals surface area contributed by atoms with Gasteiger partial charge >= 0.3 is 0 Å². The number of methoxy groups -OCH3 is 1. The van der Waals surface area contributed by atoms with E-state index in [1.54, 1.807) is 24.1 Å². The van der Waals surface area contributed by atoms with Crippen LogP contribution in [0.25, 0.3) is 5.69 Å². The Balaban J connectivity index is 0.00000240. The molecule has 29 heavy (non-hydrogen) atoms. The van der Waals surface area contributed by atoms with Gasteiger partial charge in [0.2, 0.25) is 0 Å². The van der Waals surface area contributed by atoms with Crippen LogP contribution in [0.3, 0.4) is 0 Å². The number of rotatable bonds is 4. The number of nitrogens with two attached hydrogens (primary N) is 1. The first kappa shape index (κ1) is 20.7. The van der Waals surface area contributed by atoms with Crippen molar-refractivity contribution in [3.63, 3.8) is 0 Å². The molecule has 3 aromatic rings. The third-order valence-electron chi connectivity index (χ3n) is 5.19. The second-order valence-corrected chi connectivity index (χ2v) is 7.20. The zero-order chi connectivity index (χ0) is 19.7. The van der Waals surface area contributed by atoms with Gasteiger partial charge in [0.1, 0.15) is 11.4 Å². The Morgan fingerprint density at radius 3 is 2.86 bits per heavy atom. The summed E-state index contributed by atoms with van der Waals surface area (Å²) in [4.78, 5) is 12.8. The summed E-state index contributed by atoms with van der Waals surface area (Å²) >= 11 is 0. The van der Waals surface area contributed by atoms with Crippen LogP contribution in [0, 0.1) is 6.92 Å². The topological polar surface area (TPSA) is 82.2 Å². The highest BCUT2D eigenvalue weighted by Gasteiger charge is 2.23. The van der Waals surface area contributed by atoms with Gasteiger partial charge in [-0.1, -0.05) is 12.1 Å². The van der Waals surface area contributed by atoms with Crippen LogP contribution in [0.5, 0.6) is 5.75 Å². The molecule has 1 unspecified atom stereocenters. The van der Waals surface area contributed by atoms with E-state index in [4.69, 9.17) is 10.5 Å². The zero-order valence-corrected chi connectivity index (χ0v) is 17.3. The summed E-state index contributed by atoms with van der Waals surface area (Å²) in [5, 5.41) is 7.60. The van der Waals surface area contributed by atoms with Crippen molar-refractivity contribution in [1.82, 2.24) is 15.1 Å². The molecule has 0 saturated heterocycles. The van der Waals surface area contributed by atoms with Crippen LogP contribution in [0.2, 0.25) is 0 Å².